The van der Waals surface area contributed by atoms with Gasteiger partial charge in [0, 0.05) is 16.9 Å². The van der Waals surface area contributed by atoms with Crippen molar-refractivity contribution < 1.29 is 9.53 Å². The summed E-state index contributed by atoms with van der Waals surface area (Å²) in [6.45, 7) is 0. The fourth-order valence-electron chi connectivity index (χ4n) is 2.39. The molecule has 1 aliphatic rings. The number of carbonyl (C=O) groups is 1. The molecule has 2 aromatic rings. The molecule has 0 aromatic heterocycles. The molecule has 0 bridgehead atoms. The monoisotopic (exact) mass is 265 g/mol. The van der Waals surface area contributed by atoms with Crippen molar-refractivity contribution in [2.45, 2.75) is 6.42 Å². The normalized spacial score (nSPS) is 12.3. The molecule has 20 heavy (non-hydrogen) atoms. The van der Waals surface area contributed by atoms with Gasteiger partial charge in [0.05, 0.1) is 13.5 Å². The van der Waals surface area contributed by atoms with Crippen molar-refractivity contribution in [1.82, 2.24) is 0 Å². The first-order chi connectivity index (χ1) is 9.78. The highest BCUT2D eigenvalue weighted by Crippen LogP contribution is 2.36. The Morgan fingerprint density at radius 3 is 2.55 bits per heavy atom. The quantitative estimate of drug-likeness (QED) is 0.838. The third-order valence-electron chi connectivity index (χ3n) is 3.40. The molecule has 0 aliphatic carbocycles. The highest BCUT2D eigenvalue weighted by Gasteiger charge is 2.16. The average Bonchev–Trinajstić information content (AvgIpc) is 2.63. The van der Waals surface area contributed by atoms with Crippen LogP contribution in [-0.4, -0.2) is 13.1 Å². The van der Waals surface area contributed by atoms with E-state index in [1.807, 2.05) is 54.6 Å². The van der Waals surface area contributed by atoms with Crippen LogP contribution in [0.4, 0.5) is 11.4 Å². The van der Waals surface area contributed by atoms with Gasteiger partial charge in [-0.3, -0.25) is 4.79 Å². The lowest BCUT2D eigenvalue weighted by Gasteiger charge is -2.11. The minimum absolute atomic E-state index is 0.231. The molecule has 1 N–H and O–H groups in total. The molecule has 2 aromatic carbocycles. The molecule has 0 unspecified atom stereocenters. The smallest absolute Gasteiger partial charge is 0.310 e. The van der Waals surface area contributed by atoms with E-state index in [-0.39, 0.29) is 12.4 Å². The van der Waals surface area contributed by atoms with Crippen molar-refractivity contribution >= 4 is 29.0 Å². The number of hydrogen-bond acceptors (Lipinski definition) is 3. The fraction of sp³-hybridized carbons (Fsp3) is 0.118. The molecule has 3 nitrogen and oxygen atoms in total. The first-order valence-electron chi connectivity index (χ1n) is 6.51. The van der Waals surface area contributed by atoms with Gasteiger partial charge in [-0.05, 0) is 29.3 Å². The van der Waals surface area contributed by atoms with Crippen LogP contribution < -0.4 is 5.32 Å². The largest absolute Gasteiger partial charge is 0.469 e. The summed E-state index contributed by atoms with van der Waals surface area (Å²) < 4.78 is 4.80. The summed E-state index contributed by atoms with van der Waals surface area (Å²) in [6.07, 6.45) is 2.31. The van der Waals surface area contributed by atoms with Gasteiger partial charge in [-0.1, -0.05) is 36.4 Å². The maximum absolute atomic E-state index is 11.6. The third-order valence-corrected chi connectivity index (χ3v) is 3.40. The molecule has 100 valence electrons. The van der Waals surface area contributed by atoms with Gasteiger partial charge in [-0.15, -0.1) is 0 Å². The number of anilines is 2. The molecule has 0 spiro atoms. The van der Waals surface area contributed by atoms with Crippen LogP contribution in [0, 0.1) is 0 Å². The van der Waals surface area contributed by atoms with Gasteiger partial charge in [0.2, 0.25) is 0 Å². The van der Waals surface area contributed by atoms with Gasteiger partial charge in [-0.25, -0.2) is 0 Å². The number of hydrogen-bond donors (Lipinski definition) is 1. The summed E-state index contributed by atoms with van der Waals surface area (Å²) in [5, 5.41) is 3.42. The third kappa shape index (κ3) is 2.30. The standard InChI is InChI=1S/C17H15NO2/c1-20-17(19)11-13-10-12-6-2-4-8-15(12)18-16-9-5-3-7-14(13)16/h2-10,18H,11H2,1H3. The highest BCUT2D eigenvalue weighted by molar-refractivity contribution is 5.99. The highest BCUT2D eigenvalue weighted by atomic mass is 16.5. The molecule has 1 aliphatic heterocycles. The molecule has 0 saturated heterocycles. The van der Waals surface area contributed by atoms with Crippen LogP contribution in [0.2, 0.25) is 0 Å². The van der Waals surface area contributed by atoms with Crippen LogP contribution in [0.3, 0.4) is 0 Å². The molecule has 0 amide bonds. The van der Waals surface area contributed by atoms with Crippen molar-refractivity contribution in [2.24, 2.45) is 0 Å². The predicted octanol–water partition coefficient (Wildman–Crippen LogP) is 3.85. The number of fused-ring (bicyclic) bond motifs is 2. The number of esters is 1. The van der Waals surface area contributed by atoms with Gasteiger partial charge >= 0.3 is 5.97 Å². The van der Waals surface area contributed by atoms with Gasteiger partial charge in [-0.2, -0.15) is 0 Å². The number of methoxy groups -OCH3 is 1. The van der Waals surface area contributed by atoms with E-state index in [9.17, 15) is 4.79 Å². The molecule has 0 fully saturated rings. The van der Waals surface area contributed by atoms with Gasteiger partial charge < -0.3 is 10.1 Å². The second-order valence-corrected chi connectivity index (χ2v) is 4.68. The van der Waals surface area contributed by atoms with Gasteiger partial charge in [0.1, 0.15) is 0 Å². The summed E-state index contributed by atoms with van der Waals surface area (Å²) in [7, 11) is 1.41. The lowest BCUT2D eigenvalue weighted by Crippen LogP contribution is -2.02. The molecule has 3 heteroatoms. The lowest BCUT2D eigenvalue weighted by atomic mass is 9.99. The second kappa shape index (κ2) is 5.21. The Bertz CT molecular complexity index is 689. The average molecular weight is 265 g/mol. The van der Waals surface area contributed by atoms with Crippen LogP contribution in [0.15, 0.2) is 48.5 Å². The van der Waals surface area contributed by atoms with Gasteiger partial charge in [0.15, 0.2) is 0 Å². The molecule has 0 saturated carbocycles. The first-order valence-corrected chi connectivity index (χ1v) is 6.51. The van der Waals surface area contributed by atoms with E-state index in [1.54, 1.807) is 0 Å². The van der Waals surface area contributed by atoms with E-state index in [2.05, 4.69) is 5.32 Å². The SMILES string of the molecule is COC(=O)CC1=Cc2ccccc2Nc2ccccc21. The molecule has 1 heterocycles. The molecule has 3 rings (SSSR count). The minimum Gasteiger partial charge on any atom is -0.469 e. The van der Waals surface area contributed by atoms with E-state index in [1.165, 1.54) is 7.11 Å². The van der Waals surface area contributed by atoms with Crippen molar-refractivity contribution in [3.63, 3.8) is 0 Å². The Labute approximate surface area is 117 Å². The summed E-state index contributed by atoms with van der Waals surface area (Å²) in [4.78, 5) is 11.6. The number of nitrogens with one attached hydrogen (secondary N) is 1. The van der Waals surface area contributed by atoms with Crippen molar-refractivity contribution in [3.8, 4) is 0 Å². The Hall–Kier alpha value is -2.55. The predicted molar refractivity (Wildman–Crippen MR) is 80.7 cm³/mol. The fourth-order valence-corrected chi connectivity index (χ4v) is 2.39. The van der Waals surface area contributed by atoms with E-state index < -0.39 is 0 Å². The van der Waals surface area contributed by atoms with Crippen molar-refractivity contribution in [2.75, 3.05) is 12.4 Å². The van der Waals surface area contributed by atoms with E-state index in [0.29, 0.717) is 0 Å². The molecule has 0 atom stereocenters. The maximum Gasteiger partial charge on any atom is 0.310 e. The molecule has 0 radical (unpaired) electrons. The summed E-state index contributed by atoms with van der Waals surface area (Å²) in [5.74, 6) is -0.231. The Morgan fingerprint density at radius 2 is 1.75 bits per heavy atom. The zero-order valence-corrected chi connectivity index (χ0v) is 11.2. The van der Waals surface area contributed by atoms with E-state index >= 15 is 0 Å². The van der Waals surface area contributed by atoms with E-state index in [0.717, 1.165) is 28.1 Å². The van der Waals surface area contributed by atoms with Crippen LogP contribution in [-0.2, 0) is 9.53 Å². The first kappa shape index (κ1) is 12.5. The van der Waals surface area contributed by atoms with Crippen LogP contribution in [0.5, 0.6) is 0 Å². The molecular weight excluding hydrogens is 250 g/mol. The van der Waals surface area contributed by atoms with Crippen LogP contribution in [0.25, 0.3) is 11.6 Å². The van der Waals surface area contributed by atoms with Crippen LogP contribution >= 0.6 is 0 Å². The zero-order chi connectivity index (χ0) is 13.9. The van der Waals surface area contributed by atoms with Crippen molar-refractivity contribution in [1.29, 1.82) is 0 Å². The topological polar surface area (TPSA) is 38.3 Å². The molecular formula is C17H15NO2. The Morgan fingerprint density at radius 1 is 1.05 bits per heavy atom. The summed E-state index contributed by atoms with van der Waals surface area (Å²) in [5.41, 5.74) is 5.12. The van der Waals surface area contributed by atoms with E-state index in [4.69, 9.17) is 4.74 Å². The van der Waals surface area contributed by atoms with Crippen molar-refractivity contribution in [3.05, 3.63) is 59.7 Å². The number of para-hydroxylation sites is 2. The Kier molecular flexibility index (Phi) is 3.25. The lowest BCUT2D eigenvalue weighted by molar-refractivity contribution is -0.139. The maximum atomic E-state index is 11.6. The minimum atomic E-state index is -0.231. The summed E-state index contributed by atoms with van der Waals surface area (Å²) in [6, 6.07) is 16.0. The number of rotatable bonds is 2. The zero-order valence-electron chi connectivity index (χ0n) is 11.2. The van der Waals surface area contributed by atoms with Gasteiger partial charge in [0.25, 0.3) is 0 Å². The second-order valence-electron chi connectivity index (χ2n) is 4.68. The summed E-state index contributed by atoms with van der Waals surface area (Å²) >= 11 is 0. The number of carbonyl (C=O) groups excluding carboxylic acids is 1. The van der Waals surface area contributed by atoms with Crippen LogP contribution in [0.1, 0.15) is 17.5 Å². The Balaban J connectivity index is 2.14. The number of ether oxygens (including phenoxy) is 1. The number of benzene rings is 2.